The minimum absolute atomic E-state index is 0.0590. The molecule has 0 unspecified atom stereocenters. The number of carbonyl (C=O) groups is 1. The van der Waals surface area contributed by atoms with Gasteiger partial charge in [0.2, 0.25) is 0 Å². The van der Waals surface area contributed by atoms with Crippen molar-refractivity contribution in [2.75, 3.05) is 0 Å². The predicted molar refractivity (Wildman–Crippen MR) is 69.6 cm³/mol. The molecule has 0 fully saturated rings. The van der Waals surface area contributed by atoms with Gasteiger partial charge in [-0.15, -0.1) is 0 Å². The molecule has 0 bridgehead atoms. The van der Waals surface area contributed by atoms with Crippen molar-refractivity contribution in [2.24, 2.45) is 16.6 Å². The summed E-state index contributed by atoms with van der Waals surface area (Å²) < 4.78 is 4.91. The van der Waals surface area contributed by atoms with Crippen LogP contribution in [-0.2, 0) is 0 Å². The van der Waals surface area contributed by atoms with Crippen molar-refractivity contribution in [3.63, 3.8) is 0 Å². The Morgan fingerprint density at radius 2 is 2.00 bits per heavy atom. The molecule has 1 aromatic carbocycles. The molecular formula is C13H16N2O3. The Morgan fingerprint density at radius 1 is 1.39 bits per heavy atom. The highest BCUT2D eigenvalue weighted by Crippen LogP contribution is 2.09. The number of ether oxygens (including phenoxy) is 1. The summed E-state index contributed by atoms with van der Waals surface area (Å²) >= 11 is 0. The van der Waals surface area contributed by atoms with Gasteiger partial charge in [0.1, 0.15) is 11.6 Å². The van der Waals surface area contributed by atoms with Gasteiger partial charge in [0.05, 0.1) is 5.76 Å². The lowest BCUT2D eigenvalue weighted by Crippen LogP contribution is -2.15. The maximum absolute atomic E-state index is 11.4. The van der Waals surface area contributed by atoms with Crippen LogP contribution in [0.4, 0.5) is 4.79 Å². The third-order valence-electron chi connectivity index (χ3n) is 2.06. The first-order valence-corrected chi connectivity index (χ1v) is 5.50. The number of aliphatic imine (C=N–C) groups is 1. The Morgan fingerprint density at radius 3 is 2.56 bits per heavy atom. The van der Waals surface area contributed by atoms with Crippen molar-refractivity contribution in [1.82, 2.24) is 0 Å². The first-order valence-electron chi connectivity index (χ1n) is 5.50. The maximum Gasteiger partial charge on any atom is 0.441 e. The zero-order valence-corrected chi connectivity index (χ0v) is 10.3. The van der Waals surface area contributed by atoms with Crippen molar-refractivity contribution in [3.8, 4) is 5.75 Å². The van der Waals surface area contributed by atoms with Gasteiger partial charge < -0.3 is 15.6 Å². The SMILES string of the molecule is CC(C)/C(O)=C/C(N)=N\C(=O)Oc1ccccc1. The lowest BCUT2D eigenvalue weighted by molar-refractivity contribution is 0.211. The summed E-state index contributed by atoms with van der Waals surface area (Å²) in [5, 5.41) is 9.45. The summed E-state index contributed by atoms with van der Waals surface area (Å²) in [6.45, 7) is 3.59. The van der Waals surface area contributed by atoms with E-state index in [1.54, 1.807) is 44.2 Å². The first kappa shape index (κ1) is 13.8. The molecule has 0 saturated carbocycles. The molecule has 0 aliphatic carbocycles. The minimum atomic E-state index is -0.827. The second-order valence-corrected chi connectivity index (χ2v) is 3.94. The Kier molecular flexibility index (Phi) is 4.92. The number of nitrogens with zero attached hydrogens (tertiary/aromatic N) is 1. The first-order chi connectivity index (χ1) is 8.49. The molecule has 1 aromatic rings. The van der Waals surface area contributed by atoms with Gasteiger partial charge in [0.15, 0.2) is 0 Å². The number of amides is 1. The zero-order chi connectivity index (χ0) is 13.5. The van der Waals surface area contributed by atoms with Crippen molar-refractivity contribution < 1.29 is 14.6 Å². The molecule has 0 aliphatic heterocycles. The second-order valence-electron chi connectivity index (χ2n) is 3.94. The van der Waals surface area contributed by atoms with Crippen LogP contribution in [0.2, 0.25) is 0 Å². The molecule has 1 amide bonds. The third kappa shape index (κ3) is 4.69. The minimum Gasteiger partial charge on any atom is -0.512 e. The average molecular weight is 248 g/mol. The summed E-state index contributed by atoms with van der Waals surface area (Å²) in [7, 11) is 0. The summed E-state index contributed by atoms with van der Waals surface area (Å²) in [6.07, 6.45) is 0.406. The molecule has 0 atom stereocenters. The number of aliphatic hydroxyl groups is 1. The van der Waals surface area contributed by atoms with Crippen molar-refractivity contribution >= 4 is 11.9 Å². The van der Waals surface area contributed by atoms with E-state index in [-0.39, 0.29) is 17.5 Å². The third-order valence-corrected chi connectivity index (χ3v) is 2.06. The van der Waals surface area contributed by atoms with Gasteiger partial charge in [-0.1, -0.05) is 32.0 Å². The number of rotatable bonds is 3. The Hall–Kier alpha value is -2.30. The van der Waals surface area contributed by atoms with E-state index < -0.39 is 6.09 Å². The largest absolute Gasteiger partial charge is 0.512 e. The van der Waals surface area contributed by atoms with Crippen LogP contribution >= 0.6 is 0 Å². The lowest BCUT2D eigenvalue weighted by atomic mass is 10.1. The van der Waals surface area contributed by atoms with E-state index in [9.17, 15) is 9.90 Å². The molecule has 3 N–H and O–H groups in total. The van der Waals surface area contributed by atoms with Gasteiger partial charge in [-0.3, -0.25) is 0 Å². The van der Waals surface area contributed by atoms with E-state index in [0.29, 0.717) is 5.75 Å². The van der Waals surface area contributed by atoms with Gasteiger partial charge in [0, 0.05) is 12.0 Å². The lowest BCUT2D eigenvalue weighted by Gasteiger charge is -2.03. The van der Waals surface area contributed by atoms with E-state index in [2.05, 4.69) is 4.99 Å². The molecule has 18 heavy (non-hydrogen) atoms. The van der Waals surface area contributed by atoms with E-state index in [4.69, 9.17) is 10.5 Å². The van der Waals surface area contributed by atoms with Crippen LogP contribution in [0.1, 0.15) is 13.8 Å². The second kappa shape index (κ2) is 6.44. The van der Waals surface area contributed by atoms with Crippen LogP contribution < -0.4 is 10.5 Å². The predicted octanol–water partition coefficient (Wildman–Crippen LogP) is 2.64. The van der Waals surface area contributed by atoms with Crippen molar-refractivity contribution in [2.45, 2.75) is 13.8 Å². The number of allylic oxidation sites excluding steroid dienone is 1. The van der Waals surface area contributed by atoms with Crippen molar-refractivity contribution in [1.29, 1.82) is 0 Å². The monoisotopic (exact) mass is 248 g/mol. The molecule has 0 heterocycles. The summed E-state index contributed by atoms with van der Waals surface area (Å²) in [6, 6.07) is 8.54. The van der Waals surface area contributed by atoms with Gasteiger partial charge in [0.25, 0.3) is 0 Å². The fraction of sp³-hybridized carbons (Fsp3) is 0.231. The van der Waals surface area contributed by atoms with Crippen LogP contribution in [0.15, 0.2) is 47.2 Å². The molecule has 96 valence electrons. The molecule has 5 nitrogen and oxygen atoms in total. The Balaban J connectivity index is 2.66. The molecule has 0 aromatic heterocycles. The van der Waals surface area contributed by atoms with Gasteiger partial charge >= 0.3 is 6.09 Å². The quantitative estimate of drug-likeness (QED) is 0.489. The molecular weight excluding hydrogens is 232 g/mol. The van der Waals surface area contributed by atoms with Gasteiger partial charge in [-0.2, -0.15) is 4.99 Å². The number of benzene rings is 1. The van der Waals surface area contributed by atoms with Crippen LogP contribution in [0.25, 0.3) is 0 Å². The van der Waals surface area contributed by atoms with E-state index in [0.717, 1.165) is 0 Å². The maximum atomic E-state index is 11.4. The van der Waals surface area contributed by atoms with Crippen molar-refractivity contribution in [3.05, 3.63) is 42.2 Å². The number of hydrogen-bond acceptors (Lipinski definition) is 3. The fourth-order valence-electron chi connectivity index (χ4n) is 1.07. The molecule has 0 radical (unpaired) electrons. The number of hydrogen-bond donors (Lipinski definition) is 2. The standard InChI is InChI=1S/C13H16N2O3/c1-9(2)11(16)8-12(14)15-13(17)18-10-6-4-3-5-7-10/h3-9,16H,1-2H3,(H2,14,15,17)/b11-8-. The van der Waals surface area contributed by atoms with Gasteiger partial charge in [-0.05, 0) is 12.1 Å². The number of aliphatic hydroxyl groups excluding tert-OH is 1. The van der Waals surface area contributed by atoms with Crippen LogP contribution in [-0.4, -0.2) is 17.0 Å². The molecule has 5 heteroatoms. The zero-order valence-electron chi connectivity index (χ0n) is 10.3. The van der Waals surface area contributed by atoms with Crippen LogP contribution in [0.3, 0.4) is 0 Å². The number of nitrogens with two attached hydrogens (primary N) is 1. The van der Waals surface area contributed by atoms with E-state index in [1.807, 2.05) is 0 Å². The number of para-hydroxylation sites is 1. The smallest absolute Gasteiger partial charge is 0.441 e. The molecule has 0 spiro atoms. The molecule has 0 aliphatic rings. The normalized spacial score (nSPS) is 12.6. The Labute approximate surface area is 106 Å². The van der Waals surface area contributed by atoms with E-state index in [1.165, 1.54) is 6.08 Å². The average Bonchev–Trinajstić information content (AvgIpc) is 2.29. The summed E-state index contributed by atoms with van der Waals surface area (Å²) in [5.74, 6) is 0.269. The summed E-state index contributed by atoms with van der Waals surface area (Å²) in [5.41, 5.74) is 5.48. The number of carbonyl (C=O) groups excluding carboxylic acids is 1. The highest BCUT2D eigenvalue weighted by molar-refractivity contribution is 5.98. The summed E-state index contributed by atoms with van der Waals surface area (Å²) in [4.78, 5) is 14.9. The number of amidine groups is 1. The Bertz CT molecular complexity index is 464. The van der Waals surface area contributed by atoms with Gasteiger partial charge in [-0.25, -0.2) is 4.79 Å². The van der Waals surface area contributed by atoms with Crippen LogP contribution in [0.5, 0.6) is 5.75 Å². The fourth-order valence-corrected chi connectivity index (χ4v) is 1.07. The molecule has 1 rings (SSSR count). The topological polar surface area (TPSA) is 84.9 Å². The van der Waals surface area contributed by atoms with Crippen LogP contribution in [0, 0.1) is 5.92 Å². The highest BCUT2D eigenvalue weighted by atomic mass is 16.5. The van der Waals surface area contributed by atoms with E-state index >= 15 is 0 Å². The highest BCUT2D eigenvalue weighted by Gasteiger charge is 2.04. The molecule has 0 saturated heterocycles.